The van der Waals surface area contributed by atoms with Crippen LogP contribution in [0.25, 0.3) is 0 Å². The zero-order valence-electron chi connectivity index (χ0n) is 16.7. The Morgan fingerprint density at radius 3 is 2.30 bits per heavy atom. The van der Waals surface area contributed by atoms with Gasteiger partial charge < -0.3 is 19.5 Å². The fourth-order valence-corrected chi connectivity index (χ4v) is 4.28. The minimum absolute atomic E-state index is 0.0313. The number of piperidine rings is 2. The molecular weight excluding hydrogens is 344 g/mol. The number of hydrogen-bond donors (Lipinski definition) is 1. The normalized spacial score (nSPS) is 21.9. The molecule has 0 aliphatic carbocycles. The molecule has 6 nitrogen and oxygen atoms in total. The molecule has 27 heavy (non-hydrogen) atoms. The third kappa shape index (κ3) is 4.67. The summed E-state index contributed by atoms with van der Waals surface area (Å²) in [6, 6.07) is 3.70. The van der Waals surface area contributed by atoms with Crippen LogP contribution in [0.3, 0.4) is 0 Å². The van der Waals surface area contributed by atoms with E-state index in [1.54, 1.807) is 0 Å². The molecule has 2 fully saturated rings. The maximum absolute atomic E-state index is 12.8. The number of methoxy groups -OCH3 is 2. The van der Waals surface area contributed by atoms with E-state index in [0.717, 1.165) is 57.5 Å². The second-order valence-corrected chi connectivity index (χ2v) is 7.93. The van der Waals surface area contributed by atoms with Gasteiger partial charge in [-0.2, -0.15) is 0 Å². The smallest absolute Gasteiger partial charge is 0.225 e. The molecule has 3 rings (SSSR count). The van der Waals surface area contributed by atoms with Crippen molar-refractivity contribution in [2.75, 3.05) is 40.4 Å². The SMILES string of the molecule is COc1cc(CN2CCC(C(=O)N3CCC[C@H](C)C3)CC2)cc(OC)c1O. The fraction of sp³-hybridized carbons (Fsp3) is 0.667. The lowest BCUT2D eigenvalue weighted by Gasteiger charge is -2.37. The van der Waals surface area contributed by atoms with E-state index < -0.39 is 0 Å². The molecular formula is C21H32N2O4. The molecule has 1 amide bonds. The molecule has 2 saturated heterocycles. The summed E-state index contributed by atoms with van der Waals surface area (Å²) in [5.41, 5.74) is 1.04. The van der Waals surface area contributed by atoms with Gasteiger partial charge in [0.2, 0.25) is 11.7 Å². The van der Waals surface area contributed by atoms with Crippen LogP contribution >= 0.6 is 0 Å². The van der Waals surface area contributed by atoms with Gasteiger partial charge in [0.15, 0.2) is 11.5 Å². The Kier molecular flexibility index (Phi) is 6.47. The highest BCUT2D eigenvalue weighted by molar-refractivity contribution is 5.79. The first-order chi connectivity index (χ1) is 13.0. The van der Waals surface area contributed by atoms with E-state index in [1.165, 1.54) is 20.6 Å². The van der Waals surface area contributed by atoms with Gasteiger partial charge in [0.05, 0.1) is 14.2 Å². The summed E-state index contributed by atoms with van der Waals surface area (Å²) in [7, 11) is 3.08. The van der Waals surface area contributed by atoms with Crippen molar-refractivity contribution in [1.29, 1.82) is 0 Å². The van der Waals surface area contributed by atoms with E-state index in [1.807, 2.05) is 12.1 Å². The van der Waals surface area contributed by atoms with Crippen LogP contribution in [0.4, 0.5) is 0 Å². The molecule has 6 heteroatoms. The standard InChI is InChI=1S/C21H32N2O4/c1-15-5-4-8-23(13-15)21(25)17-6-9-22(10-7-17)14-16-11-18(26-2)20(24)19(12-16)27-3/h11-12,15,17,24H,4-10,13-14H2,1-3H3/t15-/m0/s1. The van der Waals surface area contributed by atoms with Crippen LogP contribution in [0, 0.1) is 11.8 Å². The second-order valence-electron chi connectivity index (χ2n) is 7.93. The van der Waals surface area contributed by atoms with E-state index >= 15 is 0 Å². The van der Waals surface area contributed by atoms with Gasteiger partial charge in [0, 0.05) is 25.6 Å². The number of carbonyl (C=O) groups excluding carboxylic acids is 1. The van der Waals surface area contributed by atoms with Crippen LogP contribution < -0.4 is 9.47 Å². The van der Waals surface area contributed by atoms with Crippen molar-refractivity contribution >= 4 is 5.91 Å². The van der Waals surface area contributed by atoms with Gasteiger partial charge in [0.25, 0.3) is 0 Å². The number of nitrogens with zero attached hydrogens (tertiary/aromatic N) is 2. The van der Waals surface area contributed by atoms with Crippen molar-refractivity contribution in [1.82, 2.24) is 9.80 Å². The Hall–Kier alpha value is -1.95. The lowest BCUT2D eigenvalue weighted by Crippen LogP contribution is -2.45. The van der Waals surface area contributed by atoms with E-state index in [0.29, 0.717) is 23.3 Å². The molecule has 0 saturated carbocycles. The van der Waals surface area contributed by atoms with Crippen molar-refractivity contribution in [3.63, 3.8) is 0 Å². The minimum Gasteiger partial charge on any atom is -0.502 e. The molecule has 0 unspecified atom stereocenters. The predicted octanol–water partition coefficient (Wildman–Crippen LogP) is 2.88. The van der Waals surface area contributed by atoms with E-state index in [-0.39, 0.29) is 11.7 Å². The predicted molar refractivity (Wildman–Crippen MR) is 104 cm³/mol. The average Bonchev–Trinajstić information content (AvgIpc) is 2.69. The number of carbonyl (C=O) groups is 1. The monoisotopic (exact) mass is 376 g/mol. The Morgan fingerprint density at radius 2 is 1.74 bits per heavy atom. The molecule has 1 N–H and O–H groups in total. The van der Waals surface area contributed by atoms with Gasteiger partial charge in [-0.25, -0.2) is 0 Å². The number of benzene rings is 1. The largest absolute Gasteiger partial charge is 0.502 e. The summed E-state index contributed by atoms with van der Waals surface area (Å²) >= 11 is 0. The van der Waals surface area contributed by atoms with Crippen molar-refractivity contribution in [3.05, 3.63) is 17.7 Å². The lowest BCUT2D eigenvalue weighted by molar-refractivity contribution is -0.138. The number of phenols is 1. The van der Waals surface area contributed by atoms with Gasteiger partial charge in [-0.05, 0) is 62.4 Å². The summed E-state index contributed by atoms with van der Waals surface area (Å²) in [4.78, 5) is 17.3. The molecule has 150 valence electrons. The van der Waals surface area contributed by atoms with Gasteiger partial charge >= 0.3 is 0 Å². The number of aromatic hydroxyl groups is 1. The molecule has 1 aromatic rings. The second kappa shape index (κ2) is 8.83. The number of likely N-dealkylation sites (tertiary alicyclic amines) is 2. The molecule has 1 atom stereocenters. The van der Waals surface area contributed by atoms with Crippen molar-refractivity contribution in [2.24, 2.45) is 11.8 Å². The number of hydrogen-bond acceptors (Lipinski definition) is 5. The van der Waals surface area contributed by atoms with Crippen LogP contribution in [-0.2, 0) is 11.3 Å². The highest BCUT2D eigenvalue weighted by Gasteiger charge is 2.30. The van der Waals surface area contributed by atoms with Crippen molar-refractivity contribution in [3.8, 4) is 17.2 Å². The molecule has 0 radical (unpaired) electrons. The first-order valence-corrected chi connectivity index (χ1v) is 9.96. The van der Waals surface area contributed by atoms with Crippen LogP contribution in [0.5, 0.6) is 17.2 Å². The molecule has 2 aliphatic heterocycles. The summed E-state index contributed by atoms with van der Waals surface area (Å²) in [6.07, 6.45) is 4.20. The molecule has 2 heterocycles. The average molecular weight is 376 g/mol. The third-order valence-electron chi connectivity index (χ3n) is 5.85. The topological polar surface area (TPSA) is 62.2 Å². The number of amides is 1. The Labute approximate surface area is 162 Å². The first-order valence-electron chi connectivity index (χ1n) is 9.96. The van der Waals surface area contributed by atoms with E-state index in [2.05, 4.69) is 16.7 Å². The molecule has 1 aromatic carbocycles. The maximum atomic E-state index is 12.8. The van der Waals surface area contributed by atoms with Crippen LogP contribution in [-0.4, -0.2) is 61.2 Å². The van der Waals surface area contributed by atoms with Crippen LogP contribution in [0.1, 0.15) is 38.2 Å². The Balaban J connectivity index is 1.56. The molecule has 0 aromatic heterocycles. The zero-order valence-corrected chi connectivity index (χ0v) is 16.7. The Bertz CT molecular complexity index is 631. The summed E-state index contributed by atoms with van der Waals surface area (Å²) in [5, 5.41) is 10.1. The molecule has 0 bridgehead atoms. The third-order valence-corrected chi connectivity index (χ3v) is 5.85. The molecule has 2 aliphatic rings. The number of ether oxygens (including phenoxy) is 2. The zero-order chi connectivity index (χ0) is 19.4. The van der Waals surface area contributed by atoms with Gasteiger partial charge in [-0.1, -0.05) is 6.92 Å². The summed E-state index contributed by atoms with van der Waals surface area (Å²) in [5.74, 6) is 2.03. The van der Waals surface area contributed by atoms with Gasteiger partial charge in [-0.15, -0.1) is 0 Å². The quantitative estimate of drug-likeness (QED) is 0.856. The lowest BCUT2D eigenvalue weighted by atomic mass is 9.92. The highest BCUT2D eigenvalue weighted by atomic mass is 16.5. The van der Waals surface area contributed by atoms with Gasteiger partial charge in [0.1, 0.15) is 0 Å². The van der Waals surface area contributed by atoms with Crippen LogP contribution in [0.2, 0.25) is 0 Å². The summed E-state index contributed by atoms with van der Waals surface area (Å²) < 4.78 is 10.5. The van der Waals surface area contributed by atoms with E-state index in [9.17, 15) is 9.90 Å². The summed E-state index contributed by atoms with van der Waals surface area (Å²) in [6.45, 7) is 6.66. The number of rotatable bonds is 5. The Morgan fingerprint density at radius 1 is 1.11 bits per heavy atom. The van der Waals surface area contributed by atoms with Crippen molar-refractivity contribution < 1.29 is 19.4 Å². The van der Waals surface area contributed by atoms with Gasteiger partial charge in [-0.3, -0.25) is 9.69 Å². The fourth-order valence-electron chi connectivity index (χ4n) is 4.28. The first kappa shape index (κ1) is 19.8. The highest BCUT2D eigenvalue weighted by Crippen LogP contribution is 2.37. The van der Waals surface area contributed by atoms with Crippen LogP contribution in [0.15, 0.2) is 12.1 Å². The minimum atomic E-state index is 0.0313. The number of phenolic OH excluding ortho intramolecular Hbond substituents is 1. The maximum Gasteiger partial charge on any atom is 0.225 e. The van der Waals surface area contributed by atoms with Crippen molar-refractivity contribution in [2.45, 2.75) is 39.2 Å². The molecule has 0 spiro atoms. The van der Waals surface area contributed by atoms with E-state index in [4.69, 9.17) is 9.47 Å².